The van der Waals surface area contributed by atoms with Gasteiger partial charge in [0.15, 0.2) is 23.8 Å². The van der Waals surface area contributed by atoms with E-state index in [0.29, 0.717) is 31.5 Å². The number of likely N-dealkylation sites (N-methyl/N-ethyl adjacent to an activating group) is 1. The van der Waals surface area contributed by atoms with Crippen LogP contribution in [-0.4, -0.2) is 135 Å². The van der Waals surface area contributed by atoms with E-state index in [1.807, 2.05) is 56.8 Å². The fourth-order valence-corrected chi connectivity index (χ4v) is 10.3. The number of cyclic esters (lactones) is 1. The van der Waals surface area contributed by atoms with Gasteiger partial charge in [0.1, 0.15) is 17.8 Å². The maximum Gasteiger partial charge on any atom is 0.410 e. The van der Waals surface area contributed by atoms with Gasteiger partial charge in [0.2, 0.25) is 0 Å². The van der Waals surface area contributed by atoms with Crippen LogP contribution in [0.15, 0.2) is 67.4 Å². The van der Waals surface area contributed by atoms with Gasteiger partial charge in [0.25, 0.3) is 0 Å². The summed E-state index contributed by atoms with van der Waals surface area (Å²) < 4.78 is 40.4. The molecule has 16 heteroatoms. The first-order chi connectivity index (χ1) is 31.4. The quantitative estimate of drug-likeness (QED) is 0.0994. The zero-order valence-electron chi connectivity index (χ0n) is 40.4. The number of imidazole rings is 1. The van der Waals surface area contributed by atoms with Gasteiger partial charge in [0.05, 0.1) is 47.5 Å². The molecule has 0 N–H and O–H groups in total. The second-order valence-electron chi connectivity index (χ2n) is 18.8. The van der Waals surface area contributed by atoms with Crippen molar-refractivity contribution in [1.82, 2.24) is 24.3 Å². The number of aromatic nitrogens is 3. The van der Waals surface area contributed by atoms with Gasteiger partial charge in [-0.15, -0.1) is 0 Å². The average molecular weight is 916 g/mol. The van der Waals surface area contributed by atoms with E-state index in [2.05, 4.69) is 14.9 Å². The molecule has 13 atom stereocenters. The summed E-state index contributed by atoms with van der Waals surface area (Å²) in [6, 6.07) is 11.3. The Morgan fingerprint density at radius 3 is 2.33 bits per heavy atom. The monoisotopic (exact) mass is 915 g/mol. The molecule has 66 heavy (non-hydrogen) atoms. The number of nitrogens with zero attached hydrogens (tertiary/aromatic N) is 5. The number of rotatable bonds is 13. The van der Waals surface area contributed by atoms with Crippen molar-refractivity contribution in [3.05, 3.63) is 72.9 Å². The molecule has 5 heterocycles. The number of carbonyl (C=O) groups is 5. The first-order valence-electron chi connectivity index (χ1n) is 23.4. The summed E-state index contributed by atoms with van der Waals surface area (Å²) in [5.41, 5.74) is -0.799. The van der Waals surface area contributed by atoms with Gasteiger partial charge in [-0.05, 0) is 91.2 Å². The summed E-state index contributed by atoms with van der Waals surface area (Å²) in [6.45, 7) is 17.4. The van der Waals surface area contributed by atoms with Gasteiger partial charge >= 0.3 is 18.0 Å². The highest BCUT2D eigenvalue weighted by Crippen LogP contribution is 2.43. The predicted molar refractivity (Wildman–Crippen MR) is 244 cm³/mol. The van der Waals surface area contributed by atoms with Gasteiger partial charge in [-0.25, -0.2) is 14.6 Å². The predicted octanol–water partition coefficient (Wildman–Crippen LogP) is 6.79. The Morgan fingerprint density at radius 2 is 1.68 bits per heavy atom. The molecule has 2 aromatic heterocycles. The zero-order valence-corrected chi connectivity index (χ0v) is 40.4. The second-order valence-corrected chi connectivity index (χ2v) is 18.8. The standard InChI is InChI=1S/C50H69N5O11/c1-12-39-50(9)43(55(48(60)66-50)24-18-23-54-28-37(52-29-54)36-21-17-22-51-27-36)32(5)40(56)30(3)26-49(8,61-11)44(33(6)41(57)34(7)45(58)63-39)65-47-42(38(53(10)13-2)25-31(4)62-47)64-46(59)35-19-15-14-16-20-35/h14-17,19-22,27-34,38-39,42-44,47H,12-13,18,23-26H2,1-11H3/t30-,31-,32+,33+,34-,38+,39-,42-,43+,44-,47+,49-,50-/m1/s1. The van der Waals surface area contributed by atoms with E-state index in [4.69, 9.17) is 28.4 Å². The highest BCUT2D eigenvalue weighted by molar-refractivity contribution is 6.00. The Morgan fingerprint density at radius 1 is 0.955 bits per heavy atom. The Bertz CT molecular complexity index is 2160. The van der Waals surface area contributed by atoms with Crippen LogP contribution in [0.4, 0.5) is 4.79 Å². The number of hydrogen-bond donors (Lipinski definition) is 0. The lowest BCUT2D eigenvalue weighted by Gasteiger charge is -2.48. The molecule has 6 rings (SSSR count). The minimum absolute atomic E-state index is 0.0815. The number of benzene rings is 1. The number of Topliss-reactive ketones (excluding diaryl/α,β-unsaturated/α-hetero) is 2. The third-order valence-corrected chi connectivity index (χ3v) is 14.2. The van der Waals surface area contributed by atoms with Crippen molar-refractivity contribution in [2.24, 2.45) is 23.7 Å². The van der Waals surface area contributed by atoms with Crippen LogP contribution in [0.3, 0.4) is 0 Å². The molecule has 360 valence electrons. The van der Waals surface area contributed by atoms with E-state index < -0.39 is 89.3 Å². The van der Waals surface area contributed by atoms with Gasteiger partial charge in [-0.2, -0.15) is 0 Å². The molecule has 3 aromatic rings. The van der Waals surface area contributed by atoms with Gasteiger partial charge in [0, 0.05) is 62.1 Å². The summed E-state index contributed by atoms with van der Waals surface area (Å²) in [7, 11) is 3.43. The van der Waals surface area contributed by atoms with Gasteiger partial charge in [-0.1, -0.05) is 52.8 Å². The van der Waals surface area contributed by atoms with Crippen LogP contribution >= 0.6 is 0 Å². The Kier molecular flexibility index (Phi) is 16.3. The van der Waals surface area contributed by atoms with Crippen molar-refractivity contribution in [3.8, 4) is 11.3 Å². The van der Waals surface area contributed by atoms with Crippen molar-refractivity contribution in [2.75, 3.05) is 27.2 Å². The molecule has 3 saturated heterocycles. The second kappa shape index (κ2) is 21.3. The lowest BCUT2D eigenvalue weighted by molar-refractivity contribution is -0.295. The van der Waals surface area contributed by atoms with Crippen molar-refractivity contribution >= 4 is 29.6 Å². The van der Waals surface area contributed by atoms with E-state index in [1.165, 1.54) is 14.0 Å². The number of fused-ring (bicyclic) bond motifs is 1. The van der Waals surface area contributed by atoms with E-state index in [-0.39, 0.29) is 37.3 Å². The van der Waals surface area contributed by atoms with Crippen LogP contribution < -0.4 is 0 Å². The molecule has 0 aliphatic carbocycles. The maximum absolute atomic E-state index is 15.0. The summed E-state index contributed by atoms with van der Waals surface area (Å²) in [5.74, 6) is -5.84. The molecule has 0 radical (unpaired) electrons. The molecule has 0 bridgehead atoms. The molecule has 3 aliphatic rings. The van der Waals surface area contributed by atoms with Crippen molar-refractivity contribution in [2.45, 2.75) is 149 Å². The van der Waals surface area contributed by atoms with E-state index in [1.54, 1.807) is 82.5 Å². The van der Waals surface area contributed by atoms with Crippen molar-refractivity contribution in [1.29, 1.82) is 0 Å². The van der Waals surface area contributed by atoms with Crippen molar-refractivity contribution < 1.29 is 52.4 Å². The fourth-order valence-electron chi connectivity index (χ4n) is 10.3. The largest absolute Gasteiger partial charge is 0.458 e. The molecule has 16 nitrogen and oxygen atoms in total. The maximum atomic E-state index is 15.0. The topological polar surface area (TPSA) is 178 Å². The number of hydrogen-bond acceptors (Lipinski definition) is 14. The summed E-state index contributed by atoms with van der Waals surface area (Å²) in [6.07, 6.45) is 3.23. The third-order valence-electron chi connectivity index (χ3n) is 14.2. The van der Waals surface area contributed by atoms with Crippen molar-refractivity contribution in [3.63, 3.8) is 0 Å². The summed E-state index contributed by atoms with van der Waals surface area (Å²) >= 11 is 0. The number of esters is 2. The van der Waals surface area contributed by atoms with Gasteiger partial charge < -0.3 is 37.9 Å². The van der Waals surface area contributed by atoms with Crippen LogP contribution in [0.5, 0.6) is 0 Å². The summed E-state index contributed by atoms with van der Waals surface area (Å²) in [4.78, 5) is 84.0. The first kappa shape index (κ1) is 50.4. The van der Waals surface area contributed by atoms with E-state index >= 15 is 0 Å². The molecule has 3 fully saturated rings. The van der Waals surface area contributed by atoms with Crippen LogP contribution in [0.1, 0.15) is 98.4 Å². The molecule has 1 aromatic carbocycles. The smallest absolute Gasteiger partial charge is 0.410 e. The van der Waals surface area contributed by atoms with Crippen LogP contribution in [0, 0.1) is 23.7 Å². The highest BCUT2D eigenvalue weighted by Gasteiger charge is 2.60. The molecule has 0 spiro atoms. The van der Waals surface area contributed by atoms with E-state index in [9.17, 15) is 24.0 Å². The Balaban J connectivity index is 1.33. The Labute approximate surface area is 389 Å². The molecule has 3 aliphatic heterocycles. The average Bonchev–Trinajstić information content (AvgIpc) is 3.90. The van der Waals surface area contributed by atoms with Crippen LogP contribution in [-0.2, 0) is 49.3 Å². The lowest BCUT2D eigenvalue weighted by atomic mass is 9.73. The van der Waals surface area contributed by atoms with Crippen LogP contribution in [0.2, 0.25) is 0 Å². The normalized spacial score (nSPS) is 33.5. The number of ether oxygens (including phenoxy) is 6. The number of ketones is 2. The third kappa shape index (κ3) is 10.6. The molecular weight excluding hydrogens is 847 g/mol. The van der Waals surface area contributed by atoms with Crippen LogP contribution in [0.25, 0.3) is 11.3 Å². The highest BCUT2D eigenvalue weighted by atomic mass is 16.7. The molecule has 1 amide bonds. The number of carbonyl (C=O) groups excluding carboxylic acids is 5. The number of methoxy groups -OCH3 is 1. The van der Waals surface area contributed by atoms with Gasteiger partial charge in [-0.3, -0.25) is 24.3 Å². The first-order valence-corrected chi connectivity index (χ1v) is 23.4. The number of aryl methyl sites for hydroxylation is 1. The number of amides is 1. The summed E-state index contributed by atoms with van der Waals surface area (Å²) in [5, 5.41) is 0. The SMILES string of the molecule is CC[C@H]1OC(=O)[C@H](C)C(=O)[C@H](C)[C@@H](O[C@@H]2O[C@H](C)C[C@H](N(C)CC)[C@H]2OC(=O)c2ccccc2)[C@](C)(OC)C[C@@H](C)C(=O)[C@H](C)[C@@H]2N(CCCn3cnc(-c4cccnc4)c3)C(=O)O[C@@]21C. The minimum Gasteiger partial charge on any atom is -0.458 e. The Hall–Kier alpha value is -5.03. The number of pyridine rings is 1. The molecular formula is C50H69N5O11. The minimum atomic E-state index is -1.45. The lowest BCUT2D eigenvalue weighted by Crippen LogP contribution is -2.61. The fraction of sp³-hybridized carbons (Fsp3) is 0.620. The molecule has 0 unspecified atom stereocenters. The molecule has 0 saturated carbocycles. The van der Waals surface area contributed by atoms with E-state index in [0.717, 1.165) is 11.3 Å². The zero-order chi connectivity index (χ0) is 48.1.